The summed E-state index contributed by atoms with van der Waals surface area (Å²) in [7, 11) is -2.52. The molecule has 0 aromatic rings. The fourth-order valence-corrected chi connectivity index (χ4v) is 5.66. The molecule has 1 unspecified atom stereocenters. The Morgan fingerprint density at radius 3 is 2.50 bits per heavy atom. The van der Waals surface area contributed by atoms with Crippen LogP contribution in [0, 0.1) is 5.92 Å². The van der Waals surface area contributed by atoms with Crippen molar-refractivity contribution in [3.05, 3.63) is 0 Å². The minimum atomic E-state index is -3.68. The molecule has 0 aliphatic carbocycles. The predicted octanol–water partition coefficient (Wildman–Crippen LogP) is 2.33. The lowest BCUT2D eigenvalue weighted by Crippen LogP contribution is -2.49. The summed E-state index contributed by atoms with van der Waals surface area (Å²) in [5.41, 5.74) is 0.394. The van der Waals surface area contributed by atoms with Crippen LogP contribution in [0.15, 0.2) is 5.16 Å². The number of carbonyl (C=O) groups excluding carboxylic acids is 3. The van der Waals surface area contributed by atoms with Crippen LogP contribution >= 0.6 is 0 Å². The number of nitrogens with one attached hydrogen (secondary N) is 2. The lowest BCUT2D eigenvalue weighted by atomic mass is 9.90. The standard InChI is InChI=1S/C25H44N4O8S/c1-6-7-14-38(33,34)28-21(23(31)35-5)17-26-22(30)16-20-15-19(27-37-20)9-8-18-10-12-29(13-11-18)24(32)36-25(2,3)4/h18,20-21,28H,6-17H2,1-5H3,(H,26,30)/t20?,21-/m0/s1. The van der Waals surface area contributed by atoms with Crippen molar-refractivity contribution in [2.75, 3.05) is 32.5 Å². The van der Waals surface area contributed by atoms with E-state index < -0.39 is 33.7 Å². The van der Waals surface area contributed by atoms with Crippen LogP contribution in [0.3, 0.4) is 0 Å². The second-order valence-electron chi connectivity index (χ2n) is 10.9. The Kier molecular flexibility index (Phi) is 12.3. The van der Waals surface area contributed by atoms with Gasteiger partial charge in [0.15, 0.2) is 0 Å². The van der Waals surface area contributed by atoms with Gasteiger partial charge in [-0.15, -0.1) is 0 Å². The van der Waals surface area contributed by atoms with Crippen LogP contribution in [-0.2, 0) is 33.9 Å². The van der Waals surface area contributed by atoms with Crippen molar-refractivity contribution in [2.45, 2.75) is 96.8 Å². The van der Waals surface area contributed by atoms with Crippen molar-refractivity contribution in [1.29, 1.82) is 0 Å². The van der Waals surface area contributed by atoms with Gasteiger partial charge in [-0.25, -0.2) is 13.2 Å². The van der Waals surface area contributed by atoms with Gasteiger partial charge >= 0.3 is 12.1 Å². The van der Waals surface area contributed by atoms with Crippen molar-refractivity contribution in [1.82, 2.24) is 14.9 Å². The van der Waals surface area contributed by atoms with Gasteiger partial charge in [0.05, 0.1) is 25.0 Å². The molecule has 1 fully saturated rings. The second kappa shape index (κ2) is 14.7. The Morgan fingerprint density at radius 1 is 1.21 bits per heavy atom. The van der Waals surface area contributed by atoms with Crippen molar-refractivity contribution in [3.63, 3.8) is 0 Å². The summed E-state index contributed by atoms with van der Waals surface area (Å²) in [4.78, 5) is 43.8. The van der Waals surface area contributed by atoms with Gasteiger partial charge in [0.2, 0.25) is 15.9 Å². The first-order valence-electron chi connectivity index (χ1n) is 13.4. The quantitative estimate of drug-likeness (QED) is 0.326. The van der Waals surface area contributed by atoms with Crippen molar-refractivity contribution >= 4 is 33.7 Å². The van der Waals surface area contributed by atoms with Gasteiger partial charge in [0.25, 0.3) is 0 Å². The summed E-state index contributed by atoms with van der Waals surface area (Å²) in [5, 5.41) is 6.73. The first-order chi connectivity index (χ1) is 17.8. The highest BCUT2D eigenvalue weighted by molar-refractivity contribution is 7.89. The van der Waals surface area contributed by atoms with E-state index in [0.29, 0.717) is 38.3 Å². The number of hydrogen-bond donors (Lipinski definition) is 2. The van der Waals surface area contributed by atoms with Gasteiger partial charge in [-0.1, -0.05) is 18.5 Å². The summed E-state index contributed by atoms with van der Waals surface area (Å²) >= 11 is 0. The minimum Gasteiger partial charge on any atom is -0.468 e. The van der Waals surface area contributed by atoms with E-state index in [1.54, 1.807) is 4.90 Å². The normalized spacial score (nSPS) is 19.3. The number of amides is 2. The third kappa shape index (κ3) is 11.5. The summed E-state index contributed by atoms with van der Waals surface area (Å²) in [6.45, 7) is 8.57. The molecule has 1 saturated heterocycles. The molecule has 0 aromatic carbocycles. The summed E-state index contributed by atoms with van der Waals surface area (Å²) in [6, 6.07) is -1.20. The Balaban J connectivity index is 1.69. The van der Waals surface area contributed by atoms with Crippen molar-refractivity contribution in [3.8, 4) is 0 Å². The molecule has 2 aliphatic rings. The zero-order chi connectivity index (χ0) is 28.3. The first kappa shape index (κ1) is 31.8. The molecule has 0 saturated carbocycles. The number of esters is 1. The molecule has 0 bridgehead atoms. The van der Waals surface area contributed by atoms with Crippen molar-refractivity contribution in [2.24, 2.45) is 11.1 Å². The number of methoxy groups -OCH3 is 1. The number of piperidine rings is 1. The number of oxime groups is 1. The van der Waals surface area contributed by atoms with Crippen LogP contribution < -0.4 is 10.0 Å². The monoisotopic (exact) mass is 560 g/mol. The average molecular weight is 561 g/mol. The highest BCUT2D eigenvalue weighted by atomic mass is 32.2. The molecule has 2 rings (SSSR count). The maximum atomic E-state index is 12.4. The summed E-state index contributed by atoms with van der Waals surface area (Å²) < 4.78 is 36.7. The van der Waals surface area contributed by atoms with Gasteiger partial charge in [0.1, 0.15) is 17.7 Å². The van der Waals surface area contributed by atoms with Gasteiger partial charge < -0.3 is 24.5 Å². The lowest BCUT2D eigenvalue weighted by Gasteiger charge is -2.33. The molecule has 2 heterocycles. The molecule has 218 valence electrons. The van der Waals surface area contributed by atoms with Gasteiger partial charge in [-0.05, 0) is 58.8 Å². The fraction of sp³-hybridized carbons (Fsp3) is 0.840. The van der Waals surface area contributed by atoms with E-state index in [1.165, 1.54) is 0 Å². The number of sulfonamides is 1. The Hall–Kier alpha value is -2.41. The Bertz CT molecular complexity index is 940. The highest BCUT2D eigenvalue weighted by Gasteiger charge is 2.30. The molecule has 38 heavy (non-hydrogen) atoms. The summed E-state index contributed by atoms with van der Waals surface area (Å²) in [6.07, 6.45) is 4.56. The van der Waals surface area contributed by atoms with Gasteiger partial charge in [0, 0.05) is 26.1 Å². The summed E-state index contributed by atoms with van der Waals surface area (Å²) in [5.74, 6) is -0.771. The molecule has 0 aromatic heterocycles. The molecular formula is C25H44N4O8S. The number of ether oxygens (including phenoxy) is 2. The SMILES string of the molecule is CCCCS(=O)(=O)N[C@@H](CNC(=O)CC1CC(CCC2CCN(C(=O)OC(C)(C)C)CC2)=NO1)C(=O)OC. The molecule has 12 nitrogen and oxygen atoms in total. The van der Waals surface area contributed by atoms with Gasteiger partial charge in [-0.2, -0.15) is 4.72 Å². The zero-order valence-corrected chi connectivity index (χ0v) is 24.1. The maximum Gasteiger partial charge on any atom is 0.410 e. The fourth-order valence-electron chi connectivity index (χ4n) is 4.27. The number of carbonyl (C=O) groups is 3. The molecule has 2 aliphatic heterocycles. The minimum absolute atomic E-state index is 0.0394. The third-order valence-electron chi connectivity index (χ3n) is 6.39. The number of likely N-dealkylation sites (tertiary alicyclic amines) is 1. The van der Waals surface area contributed by atoms with Crippen LogP contribution in [0.25, 0.3) is 0 Å². The third-order valence-corrected chi connectivity index (χ3v) is 7.86. The van der Waals surface area contributed by atoms with Crippen LogP contribution in [-0.4, -0.2) is 87.2 Å². The molecular weight excluding hydrogens is 516 g/mol. The van der Waals surface area contributed by atoms with Crippen LogP contribution in [0.1, 0.15) is 79.1 Å². The highest BCUT2D eigenvalue weighted by Crippen LogP contribution is 2.25. The van der Waals surface area contributed by atoms with E-state index >= 15 is 0 Å². The zero-order valence-electron chi connectivity index (χ0n) is 23.3. The van der Waals surface area contributed by atoms with E-state index in [0.717, 1.165) is 38.5 Å². The van der Waals surface area contributed by atoms with E-state index in [9.17, 15) is 22.8 Å². The number of hydrogen-bond acceptors (Lipinski definition) is 9. The smallest absolute Gasteiger partial charge is 0.410 e. The molecule has 0 spiro atoms. The van der Waals surface area contributed by atoms with E-state index in [4.69, 9.17) is 9.57 Å². The van der Waals surface area contributed by atoms with Gasteiger partial charge in [-0.3, -0.25) is 9.59 Å². The Morgan fingerprint density at radius 2 is 1.89 bits per heavy atom. The second-order valence-corrected chi connectivity index (χ2v) is 12.8. The van der Waals surface area contributed by atoms with E-state index in [2.05, 4.69) is 19.9 Å². The number of rotatable bonds is 13. The lowest BCUT2D eigenvalue weighted by molar-refractivity contribution is -0.142. The number of nitrogens with zero attached hydrogens (tertiary/aromatic N) is 2. The first-order valence-corrected chi connectivity index (χ1v) is 15.0. The van der Waals surface area contributed by atoms with Crippen LogP contribution in [0.4, 0.5) is 4.79 Å². The van der Waals surface area contributed by atoms with E-state index in [-0.39, 0.29) is 30.7 Å². The average Bonchev–Trinajstić information content (AvgIpc) is 3.29. The maximum absolute atomic E-state index is 12.4. The van der Waals surface area contributed by atoms with Crippen molar-refractivity contribution < 1.29 is 37.1 Å². The van der Waals surface area contributed by atoms with Crippen LogP contribution in [0.5, 0.6) is 0 Å². The molecule has 2 N–H and O–H groups in total. The van der Waals surface area contributed by atoms with Crippen LogP contribution in [0.2, 0.25) is 0 Å². The molecule has 2 atom stereocenters. The molecule has 13 heteroatoms. The van der Waals surface area contributed by atoms with E-state index in [1.807, 2.05) is 27.7 Å². The molecule has 0 radical (unpaired) electrons. The topological polar surface area (TPSA) is 153 Å². The largest absolute Gasteiger partial charge is 0.468 e. The molecule has 2 amide bonds. The Labute approximate surface area is 226 Å². The number of unbranched alkanes of at least 4 members (excludes halogenated alkanes) is 1. The predicted molar refractivity (Wildman–Crippen MR) is 142 cm³/mol.